The Morgan fingerprint density at radius 3 is 2.78 bits per heavy atom. The average Bonchev–Trinajstić information content (AvgIpc) is 2.74. The molecule has 0 aliphatic carbocycles. The second kappa shape index (κ2) is 5.27. The summed E-state index contributed by atoms with van der Waals surface area (Å²) in [6.45, 7) is 2.11. The van der Waals surface area contributed by atoms with Gasteiger partial charge in [0.05, 0.1) is 10.0 Å². The van der Waals surface area contributed by atoms with Crippen molar-refractivity contribution in [2.45, 2.75) is 13.5 Å². The van der Waals surface area contributed by atoms with Crippen LogP contribution in [-0.4, -0.2) is 11.1 Å². The van der Waals surface area contributed by atoms with Crippen molar-refractivity contribution in [2.24, 2.45) is 0 Å². The van der Waals surface area contributed by atoms with Crippen LogP contribution in [-0.2, 0) is 6.61 Å². The third-order valence-corrected chi connectivity index (χ3v) is 3.00. The minimum Gasteiger partial charge on any atom is -0.484 e. The van der Waals surface area contributed by atoms with Gasteiger partial charge in [0.2, 0.25) is 0 Å². The molecule has 0 spiro atoms. The highest BCUT2D eigenvalue weighted by atomic mass is 79.9. The molecule has 1 aromatic carbocycles. The van der Waals surface area contributed by atoms with E-state index in [-0.39, 0.29) is 12.2 Å². The molecule has 2 rings (SSSR count). The molecule has 2 aromatic rings. The first-order valence-corrected chi connectivity index (χ1v) is 6.06. The van der Waals surface area contributed by atoms with Gasteiger partial charge in [-0.25, -0.2) is 4.79 Å². The van der Waals surface area contributed by atoms with E-state index < -0.39 is 5.97 Å². The van der Waals surface area contributed by atoms with Gasteiger partial charge in [-0.2, -0.15) is 0 Å². The summed E-state index contributed by atoms with van der Waals surface area (Å²) in [7, 11) is 0. The average molecular weight is 311 g/mol. The highest BCUT2D eigenvalue weighted by Crippen LogP contribution is 2.27. The van der Waals surface area contributed by atoms with Crippen molar-refractivity contribution in [1.29, 1.82) is 0 Å². The highest BCUT2D eigenvalue weighted by molar-refractivity contribution is 9.10. The van der Waals surface area contributed by atoms with E-state index in [1.54, 1.807) is 6.07 Å². The van der Waals surface area contributed by atoms with E-state index in [1.165, 1.54) is 12.1 Å². The van der Waals surface area contributed by atoms with Gasteiger partial charge in [0, 0.05) is 0 Å². The Labute approximate surface area is 112 Å². The first-order chi connectivity index (χ1) is 8.56. The van der Waals surface area contributed by atoms with Gasteiger partial charge in [-0.3, -0.25) is 0 Å². The molecule has 0 saturated carbocycles. The number of carboxylic acids is 1. The summed E-state index contributed by atoms with van der Waals surface area (Å²) in [5.74, 6) is 0.997. The number of rotatable bonds is 4. The van der Waals surface area contributed by atoms with Gasteiger partial charge in [-0.15, -0.1) is 0 Å². The van der Waals surface area contributed by atoms with E-state index in [9.17, 15) is 4.79 Å². The van der Waals surface area contributed by atoms with Gasteiger partial charge in [0.25, 0.3) is 0 Å². The SMILES string of the molecule is Cc1ccc(COc2cc(C(=O)O)ccc2Br)o1. The predicted molar refractivity (Wildman–Crippen MR) is 68.9 cm³/mol. The third-order valence-electron chi connectivity index (χ3n) is 2.34. The monoisotopic (exact) mass is 310 g/mol. The molecule has 0 fully saturated rings. The summed E-state index contributed by atoms with van der Waals surface area (Å²) >= 11 is 3.31. The van der Waals surface area contributed by atoms with E-state index in [4.69, 9.17) is 14.3 Å². The molecule has 0 bridgehead atoms. The lowest BCUT2D eigenvalue weighted by atomic mass is 10.2. The van der Waals surface area contributed by atoms with Crippen LogP contribution in [0.15, 0.2) is 39.2 Å². The number of carbonyl (C=O) groups is 1. The van der Waals surface area contributed by atoms with E-state index in [2.05, 4.69) is 15.9 Å². The summed E-state index contributed by atoms with van der Waals surface area (Å²) in [6, 6.07) is 8.30. The number of furan rings is 1. The first-order valence-electron chi connectivity index (χ1n) is 5.27. The van der Waals surface area contributed by atoms with Crippen molar-refractivity contribution in [2.75, 3.05) is 0 Å². The summed E-state index contributed by atoms with van der Waals surface area (Å²) in [5.41, 5.74) is 0.184. The Bertz CT molecular complexity index is 574. The lowest BCUT2D eigenvalue weighted by Gasteiger charge is -2.07. The smallest absolute Gasteiger partial charge is 0.335 e. The number of ether oxygens (including phenoxy) is 1. The minimum atomic E-state index is -0.985. The van der Waals surface area contributed by atoms with Crippen LogP contribution in [0.3, 0.4) is 0 Å². The molecule has 0 saturated heterocycles. The zero-order valence-electron chi connectivity index (χ0n) is 9.64. The topological polar surface area (TPSA) is 59.7 Å². The summed E-state index contributed by atoms with van der Waals surface area (Å²) in [5, 5.41) is 8.90. The number of hydrogen-bond donors (Lipinski definition) is 1. The van der Waals surface area contributed by atoms with Crippen LogP contribution in [0.2, 0.25) is 0 Å². The Morgan fingerprint density at radius 1 is 1.39 bits per heavy atom. The number of hydrogen-bond acceptors (Lipinski definition) is 3. The van der Waals surface area contributed by atoms with Crippen LogP contribution in [0.4, 0.5) is 0 Å². The molecule has 0 aliphatic rings. The fourth-order valence-corrected chi connectivity index (χ4v) is 1.82. The maximum atomic E-state index is 10.9. The third kappa shape index (κ3) is 2.92. The van der Waals surface area contributed by atoms with E-state index >= 15 is 0 Å². The van der Waals surface area contributed by atoms with Crippen LogP contribution >= 0.6 is 15.9 Å². The number of aromatic carboxylic acids is 1. The van der Waals surface area contributed by atoms with E-state index in [0.29, 0.717) is 16.0 Å². The Balaban J connectivity index is 2.13. The Kier molecular flexibility index (Phi) is 3.72. The Hall–Kier alpha value is -1.75. The molecular weight excluding hydrogens is 300 g/mol. The molecule has 0 aliphatic heterocycles. The fraction of sp³-hybridized carbons (Fsp3) is 0.154. The highest BCUT2D eigenvalue weighted by Gasteiger charge is 2.09. The van der Waals surface area contributed by atoms with Crippen LogP contribution < -0.4 is 4.74 Å². The van der Waals surface area contributed by atoms with Gasteiger partial charge in [-0.1, -0.05) is 0 Å². The van der Waals surface area contributed by atoms with Crippen molar-refractivity contribution in [3.05, 3.63) is 51.9 Å². The van der Waals surface area contributed by atoms with Crippen molar-refractivity contribution in [3.63, 3.8) is 0 Å². The molecule has 0 unspecified atom stereocenters. The molecule has 94 valence electrons. The molecular formula is C13H11BrO4. The molecule has 1 heterocycles. The van der Waals surface area contributed by atoms with Gasteiger partial charge >= 0.3 is 5.97 Å². The zero-order chi connectivity index (χ0) is 13.1. The molecule has 1 aromatic heterocycles. The molecule has 0 atom stereocenters. The van der Waals surface area contributed by atoms with Gasteiger partial charge < -0.3 is 14.3 Å². The quantitative estimate of drug-likeness (QED) is 0.936. The number of benzene rings is 1. The molecule has 18 heavy (non-hydrogen) atoms. The van der Waals surface area contributed by atoms with Crippen molar-refractivity contribution >= 4 is 21.9 Å². The number of halogens is 1. The van der Waals surface area contributed by atoms with Crippen molar-refractivity contribution in [1.82, 2.24) is 0 Å². The first kappa shape index (κ1) is 12.7. The molecule has 4 nitrogen and oxygen atoms in total. The standard InChI is InChI=1S/C13H11BrO4/c1-8-2-4-10(18-8)7-17-12-6-9(13(15)16)3-5-11(12)14/h2-6H,7H2,1H3,(H,15,16). The van der Waals surface area contributed by atoms with Crippen molar-refractivity contribution in [3.8, 4) is 5.75 Å². The van der Waals surface area contributed by atoms with Crippen LogP contribution in [0.1, 0.15) is 21.9 Å². The summed E-state index contributed by atoms with van der Waals surface area (Å²) in [6.07, 6.45) is 0. The molecule has 0 radical (unpaired) electrons. The van der Waals surface area contributed by atoms with Crippen LogP contribution in [0, 0.1) is 6.92 Å². The van der Waals surface area contributed by atoms with Crippen molar-refractivity contribution < 1.29 is 19.1 Å². The van der Waals surface area contributed by atoms with Gasteiger partial charge in [-0.05, 0) is 53.2 Å². The zero-order valence-corrected chi connectivity index (χ0v) is 11.2. The van der Waals surface area contributed by atoms with Crippen LogP contribution in [0.25, 0.3) is 0 Å². The summed E-state index contributed by atoms with van der Waals surface area (Å²) < 4.78 is 11.6. The maximum Gasteiger partial charge on any atom is 0.335 e. The van der Waals surface area contributed by atoms with E-state index in [0.717, 1.165) is 5.76 Å². The second-order valence-electron chi connectivity index (χ2n) is 3.75. The molecule has 5 heteroatoms. The molecule has 0 amide bonds. The van der Waals surface area contributed by atoms with Gasteiger partial charge in [0.1, 0.15) is 23.9 Å². The summed E-state index contributed by atoms with van der Waals surface area (Å²) in [4.78, 5) is 10.9. The van der Waals surface area contributed by atoms with Crippen LogP contribution in [0.5, 0.6) is 5.75 Å². The lowest BCUT2D eigenvalue weighted by Crippen LogP contribution is -1.99. The number of carboxylic acid groups (broad SMARTS) is 1. The normalized spacial score (nSPS) is 10.3. The Morgan fingerprint density at radius 2 is 2.17 bits per heavy atom. The lowest BCUT2D eigenvalue weighted by molar-refractivity contribution is 0.0696. The fourth-order valence-electron chi connectivity index (χ4n) is 1.46. The van der Waals surface area contributed by atoms with Gasteiger partial charge in [0.15, 0.2) is 0 Å². The largest absolute Gasteiger partial charge is 0.484 e. The number of aryl methyl sites for hydroxylation is 1. The minimum absolute atomic E-state index is 0.184. The predicted octanol–water partition coefficient (Wildman–Crippen LogP) is 3.63. The maximum absolute atomic E-state index is 10.9. The second-order valence-corrected chi connectivity index (χ2v) is 4.61. The van der Waals surface area contributed by atoms with E-state index in [1.807, 2.05) is 19.1 Å². The molecule has 1 N–H and O–H groups in total.